The first-order valence-corrected chi connectivity index (χ1v) is 10.1. The van der Waals surface area contributed by atoms with Crippen LogP contribution in [-0.2, 0) is 12.8 Å². The van der Waals surface area contributed by atoms with Gasteiger partial charge in [-0.05, 0) is 76.8 Å². The van der Waals surface area contributed by atoms with Gasteiger partial charge in [-0.2, -0.15) is 15.4 Å². The van der Waals surface area contributed by atoms with E-state index in [2.05, 4.69) is 73.8 Å². The van der Waals surface area contributed by atoms with Crippen molar-refractivity contribution in [3.05, 3.63) is 70.0 Å². The summed E-state index contributed by atoms with van der Waals surface area (Å²) < 4.78 is 1.19. The monoisotopic (exact) mass is 405 g/mol. The molecule has 3 nitrogen and oxygen atoms in total. The number of H-pyrrole nitrogens is 1. The Balaban J connectivity index is 1.61. The molecule has 1 aliphatic carbocycles. The molecule has 0 saturated carbocycles. The number of fused-ring (bicyclic) bond motifs is 5. The molecule has 26 heavy (non-hydrogen) atoms. The van der Waals surface area contributed by atoms with E-state index in [1.54, 1.807) is 5.56 Å². The zero-order valence-corrected chi connectivity index (χ0v) is 16.1. The number of halogens is 1. The van der Waals surface area contributed by atoms with Gasteiger partial charge in [0.15, 0.2) is 0 Å². The average Bonchev–Trinajstić information content (AvgIpc) is 3.20. The molecule has 1 unspecified atom stereocenters. The van der Waals surface area contributed by atoms with Crippen molar-refractivity contribution in [2.45, 2.75) is 38.0 Å². The molecule has 0 fully saturated rings. The standard InChI is InChI=1S/C22H20BrN3/c23-22-12-21-17-7-3-4-14(8-9-15-13-24-26-25-15)16(17)10-11-19(21)18-5-1-2-6-20(18)22/h1-2,5-6,10-14H,3-4,7-9H2,(H,24,25,26). The van der Waals surface area contributed by atoms with Crippen LogP contribution in [0.4, 0.5) is 0 Å². The molecule has 1 atom stereocenters. The maximum Gasteiger partial charge on any atom is 0.0824 e. The van der Waals surface area contributed by atoms with Gasteiger partial charge in [0, 0.05) is 4.47 Å². The summed E-state index contributed by atoms with van der Waals surface area (Å²) in [4.78, 5) is 0. The first-order valence-electron chi connectivity index (χ1n) is 9.28. The van der Waals surface area contributed by atoms with Gasteiger partial charge in [-0.25, -0.2) is 0 Å². The van der Waals surface area contributed by atoms with E-state index in [1.807, 2.05) is 6.20 Å². The van der Waals surface area contributed by atoms with E-state index in [4.69, 9.17) is 0 Å². The summed E-state index contributed by atoms with van der Waals surface area (Å²) in [7, 11) is 0. The molecule has 5 rings (SSSR count). The van der Waals surface area contributed by atoms with E-state index < -0.39 is 0 Å². The van der Waals surface area contributed by atoms with E-state index in [0.717, 1.165) is 18.5 Å². The third-order valence-electron chi connectivity index (χ3n) is 5.77. The number of aromatic amines is 1. The SMILES string of the molecule is Brc1cc2c3c(ccc2c2ccccc12)C(CCc1cn[nH]n1)CCC3. The number of hydrogen-bond acceptors (Lipinski definition) is 2. The Kier molecular flexibility index (Phi) is 4.01. The summed E-state index contributed by atoms with van der Waals surface area (Å²) in [6.07, 6.45) is 7.68. The molecule has 1 heterocycles. The second-order valence-corrected chi connectivity index (χ2v) is 8.08. The molecule has 0 amide bonds. The van der Waals surface area contributed by atoms with Crippen LogP contribution < -0.4 is 0 Å². The fourth-order valence-electron chi connectivity index (χ4n) is 4.52. The Morgan fingerprint density at radius 1 is 1.04 bits per heavy atom. The highest BCUT2D eigenvalue weighted by atomic mass is 79.9. The molecule has 4 heteroatoms. The van der Waals surface area contributed by atoms with Crippen LogP contribution in [0.5, 0.6) is 0 Å². The lowest BCUT2D eigenvalue weighted by Crippen LogP contribution is -2.11. The largest absolute Gasteiger partial charge is 0.198 e. The number of aryl methyl sites for hydroxylation is 2. The van der Waals surface area contributed by atoms with Gasteiger partial charge in [-0.1, -0.05) is 52.3 Å². The number of aromatic nitrogens is 3. The summed E-state index contributed by atoms with van der Waals surface area (Å²) in [5.41, 5.74) is 4.14. The third-order valence-corrected chi connectivity index (χ3v) is 6.43. The molecule has 0 aliphatic heterocycles. The second kappa shape index (κ2) is 6.51. The van der Waals surface area contributed by atoms with Crippen molar-refractivity contribution in [2.24, 2.45) is 0 Å². The summed E-state index contributed by atoms with van der Waals surface area (Å²) in [6, 6.07) is 15.7. The molecule has 1 N–H and O–H groups in total. The van der Waals surface area contributed by atoms with E-state index in [0.29, 0.717) is 5.92 Å². The van der Waals surface area contributed by atoms with Gasteiger partial charge in [-0.15, -0.1) is 0 Å². The molecule has 4 aromatic rings. The van der Waals surface area contributed by atoms with E-state index in [1.165, 1.54) is 50.8 Å². The Hall–Kier alpha value is -2.20. The maximum atomic E-state index is 4.21. The quantitative estimate of drug-likeness (QED) is 0.429. The predicted molar refractivity (Wildman–Crippen MR) is 110 cm³/mol. The molecule has 130 valence electrons. The smallest absolute Gasteiger partial charge is 0.0824 e. The number of rotatable bonds is 3. The van der Waals surface area contributed by atoms with Crippen LogP contribution in [0.15, 0.2) is 53.1 Å². The topological polar surface area (TPSA) is 41.6 Å². The Bertz CT molecular complexity index is 1090. The Morgan fingerprint density at radius 2 is 1.88 bits per heavy atom. The summed E-state index contributed by atoms with van der Waals surface area (Å²) in [5.74, 6) is 0.616. The zero-order valence-electron chi connectivity index (χ0n) is 14.5. The lowest BCUT2D eigenvalue weighted by atomic mass is 9.78. The minimum absolute atomic E-state index is 0.616. The molecule has 0 saturated heterocycles. The van der Waals surface area contributed by atoms with Gasteiger partial charge in [0.25, 0.3) is 0 Å². The highest BCUT2D eigenvalue weighted by Crippen LogP contribution is 2.41. The highest BCUT2D eigenvalue weighted by Gasteiger charge is 2.22. The lowest BCUT2D eigenvalue weighted by molar-refractivity contribution is 0.520. The molecule has 1 aromatic heterocycles. The van der Waals surface area contributed by atoms with Gasteiger partial charge in [0.1, 0.15) is 0 Å². The molecular formula is C22H20BrN3. The van der Waals surface area contributed by atoms with Crippen LogP contribution in [0.3, 0.4) is 0 Å². The van der Waals surface area contributed by atoms with Gasteiger partial charge < -0.3 is 0 Å². The van der Waals surface area contributed by atoms with E-state index in [9.17, 15) is 0 Å². The van der Waals surface area contributed by atoms with Crippen LogP contribution in [0.1, 0.15) is 42.0 Å². The van der Waals surface area contributed by atoms with Crippen molar-refractivity contribution in [3.8, 4) is 0 Å². The maximum absolute atomic E-state index is 4.21. The molecule has 0 bridgehead atoms. The fraction of sp³-hybridized carbons (Fsp3) is 0.273. The second-order valence-electron chi connectivity index (χ2n) is 7.22. The predicted octanol–water partition coefficient (Wildman–Crippen LogP) is 5.93. The molecule has 0 radical (unpaired) electrons. The molecule has 1 aliphatic rings. The van der Waals surface area contributed by atoms with Crippen molar-refractivity contribution < 1.29 is 0 Å². The number of nitrogens with zero attached hydrogens (tertiary/aromatic N) is 2. The average molecular weight is 406 g/mol. The van der Waals surface area contributed by atoms with Crippen LogP contribution in [0.2, 0.25) is 0 Å². The zero-order chi connectivity index (χ0) is 17.5. The van der Waals surface area contributed by atoms with Crippen molar-refractivity contribution in [2.75, 3.05) is 0 Å². The van der Waals surface area contributed by atoms with E-state index >= 15 is 0 Å². The summed E-state index contributed by atoms with van der Waals surface area (Å²) in [5, 5.41) is 16.3. The van der Waals surface area contributed by atoms with Crippen molar-refractivity contribution in [3.63, 3.8) is 0 Å². The van der Waals surface area contributed by atoms with Gasteiger partial charge in [0.2, 0.25) is 0 Å². The molecular weight excluding hydrogens is 386 g/mol. The number of nitrogens with one attached hydrogen (secondary N) is 1. The fourth-order valence-corrected chi connectivity index (χ4v) is 5.10. The van der Waals surface area contributed by atoms with Crippen LogP contribution in [-0.4, -0.2) is 15.4 Å². The van der Waals surface area contributed by atoms with E-state index in [-0.39, 0.29) is 0 Å². The molecule has 3 aromatic carbocycles. The Labute approximate surface area is 160 Å². The molecule has 0 spiro atoms. The first kappa shape index (κ1) is 16.0. The minimum atomic E-state index is 0.616. The van der Waals surface area contributed by atoms with Crippen molar-refractivity contribution >= 4 is 37.5 Å². The van der Waals surface area contributed by atoms with Crippen LogP contribution >= 0.6 is 15.9 Å². The van der Waals surface area contributed by atoms with Crippen LogP contribution in [0, 0.1) is 0 Å². The summed E-state index contributed by atoms with van der Waals surface area (Å²) >= 11 is 3.80. The Morgan fingerprint density at radius 3 is 2.73 bits per heavy atom. The highest BCUT2D eigenvalue weighted by molar-refractivity contribution is 9.10. The normalized spacial score (nSPS) is 16.9. The van der Waals surface area contributed by atoms with Crippen LogP contribution in [0.25, 0.3) is 21.5 Å². The van der Waals surface area contributed by atoms with Crippen molar-refractivity contribution in [1.82, 2.24) is 15.4 Å². The first-order chi connectivity index (χ1) is 12.8. The van der Waals surface area contributed by atoms with Gasteiger partial charge in [-0.3, -0.25) is 0 Å². The lowest BCUT2D eigenvalue weighted by Gasteiger charge is -2.27. The summed E-state index contributed by atoms with van der Waals surface area (Å²) in [6.45, 7) is 0. The number of benzene rings is 3. The number of hydrogen-bond donors (Lipinski definition) is 1. The minimum Gasteiger partial charge on any atom is -0.198 e. The third kappa shape index (κ3) is 2.64. The van der Waals surface area contributed by atoms with Gasteiger partial charge >= 0.3 is 0 Å². The van der Waals surface area contributed by atoms with Gasteiger partial charge in [0.05, 0.1) is 11.9 Å². The van der Waals surface area contributed by atoms with Crippen molar-refractivity contribution in [1.29, 1.82) is 0 Å².